The lowest BCUT2D eigenvalue weighted by Gasteiger charge is -2.13. The van der Waals surface area contributed by atoms with Crippen molar-refractivity contribution in [3.8, 4) is 0 Å². The van der Waals surface area contributed by atoms with Gasteiger partial charge >= 0.3 is 0 Å². The summed E-state index contributed by atoms with van der Waals surface area (Å²) in [6.45, 7) is 6.53. The largest absolute Gasteiger partial charge is 0.126 e. The van der Waals surface area contributed by atoms with Gasteiger partial charge in [-0.3, -0.25) is 0 Å². The van der Waals surface area contributed by atoms with Crippen molar-refractivity contribution in [2.45, 2.75) is 33.6 Å². The van der Waals surface area contributed by atoms with Crippen LogP contribution in [-0.4, -0.2) is 5.88 Å². The molecule has 0 spiro atoms. The van der Waals surface area contributed by atoms with Gasteiger partial charge in [0.25, 0.3) is 0 Å². The molecule has 0 amide bonds. The maximum absolute atomic E-state index is 5.91. The lowest BCUT2D eigenvalue weighted by molar-refractivity contribution is 0.565. The van der Waals surface area contributed by atoms with Crippen LogP contribution in [0.4, 0.5) is 0 Å². The highest BCUT2D eigenvalue weighted by Crippen LogP contribution is 2.18. The molecule has 0 saturated heterocycles. The Labute approximate surface area is 92.3 Å². The van der Waals surface area contributed by atoms with Crippen LogP contribution in [0.5, 0.6) is 0 Å². The first kappa shape index (κ1) is 11.6. The summed E-state index contributed by atoms with van der Waals surface area (Å²) in [4.78, 5) is 0. The molecule has 1 heteroatoms. The Morgan fingerprint density at radius 3 is 2.57 bits per heavy atom. The number of benzene rings is 1. The van der Waals surface area contributed by atoms with Crippen LogP contribution in [0.3, 0.4) is 0 Å². The predicted octanol–water partition coefficient (Wildman–Crippen LogP) is 4.11. The standard InChI is InChI=1S/C13H19Cl/c1-4-12(9-14)8-13-7-10(2)5-6-11(13)3/h5-7,12H,4,8-9H2,1-3H3. The van der Waals surface area contributed by atoms with E-state index in [4.69, 9.17) is 11.6 Å². The van der Waals surface area contributed by atoms with E-state index in [2.05, 4.69) is 39.0 Å². The van der Waals surface area contributed by atoms with Gasteiger partial charge in [-0.1, -0.05) is 37.1 Å². The molecule has 0 bridgehead atoms. The minimum atomic E-state index is 0.622. The van der Waals surface area contributed by atoms with Crippen molar-refractivity contribution in [1.82, 2.24) is 0 Å². The predicted molar refractivity (Wildman–Crippen MR) is 64.1 cm³/mol. The Morgan fingerprint density at radius 2 is 2.00 bits per heavy atom. The maximum atomic E-state index is 5.91. The van der Waals surface area contributed by atoms with Crippen molar-refractivity contribution in [3.63, 3.8) is 0 Å². The van der Waals surface area contributed by atoms with Crippen LogP contribution < -0.4 is 0 Å². The summed E-state index contributed by atoms with van der Waals surface area (Å²) >= 11 is 5.91. The molecule has 1 aromatic carbocycles. The molecule has 1 atom stereocenters. The molecular formula is C13H19Cl. The first-order valence-corrected chi connectivity index (χ1v) is 5.83. The van der Waals surface area contributed by atoms with Crippen LogP contribution in [0.15, 0.2) is 18.2 Å². The molecule has 0 aliphatic rings. The lowest BCUT2D eigenvalue weighted by atomic mass is 9.94. The zero-order valence-corrected chi connectivity index (χ0v) is 10.1. The molecular weight excluding hydrogens is 192 g/mol. The van der Waals surface area contributed by atoms with E-state index >= 15 is 0 Å². The van der Waals surface area contributed by atoms with E-state index in [1.54, 1.807) is 0 Å². The van der Waals surface area contributed by atoms with Gasteiger partial charge in [0.05, 0.1) is 0 Å². The number of hydrogen-bond acceptors (Lipinski definition) is 0. The van der Waals surface area contributed by atoms with E-state index in [0.29, 0.717) is 5.92 Å². The fourth-order valence-corrected chi connectivity index (χ4v) is 1.97. The van der Waals surface area contributed by atoms with Crippen molar-refractivity contribution < 1.29 is 0 Å². The van der Waals surface area contributed by atoms with Crippen molar-refractivity contribution in [3.05, 3.63) is 34.9 Å². The maximum Gasteiger partial charge on any atom is 0.0254 e. The van der Waals surface area contributed by atoms with Crippen molar-refractivity contribution in [2.24, 2.45) is 5.92 Å². The molecule has 0 N–H and O–H groups in total. The third kappa shape index (κ3) is 3.02. The highest BCUT2D eigenvalue weighted by molar-refractivity contribution is 6.18. The smallest absolute Gasteiger partial charge is 0.0254 e. The van der Waals surface area contributed by atoms with Gasteiger partial charge in [-0.05, 0) is 37.3 Å². The first-order valence-electron chi connectivity index (χ1n) is 5.29. The average Bonchev–Trinajstić information content (AvgIpc) is 2.19. The Bertz CT molecular complexity index is 287. The minimum Gasteiger partial charge on any atom is -0.126 e. The second-order valence-electron chi connectivity index (χ2n) is 4.06. The number of hydrogen-bond donors (Lipinski definition) is 0. The zero-order valence-electron chi connectivity index (χ0n) is 9.31. The second-order valence-corrected chi connectivity index (χ2v) is 4.37. The van der Waals surface area contributed by atoms with E-state index in [9.17, 15) is 0 Å². The van der Waals surface area contributed by atoms with E-state index < -0.39 is 0 Å². The third-order valence-electron chi connectivity index (χ3n) is 2.81. The molecule has 0 saturated carbocycles. The fraction of sp³-hybridized carbons (Fsp3) is 0.538. The van der Waals surface area contributed by atoms with Crippen molar-refractivity contribution >= 4 is 11.6 Å². The number of alkyl halides is 1. The molecule has 0 heterocycles. The van der Waals surface area contributed by atoms with Crippen LogP contribution in [0.1, 0.15) is 30.0 Å². The van der Waals surface area contributed by atoms with Gasteiger partial charge in [0.2, 0.25) is 0 Å². The Morgan fingerprint density at radius 1 is 1.29 bits per heavy atom. The molecule has 0 radical (unpaired) electrons. The van der Waals surface area contributed by atoms with E-state index in [1.165, 1.54) is 16.7 Å². The van der Waals surface area contributed by atoms with Crippen LogP contribution in [0, 0.1) is 19.8 Å². The molecule has 78 valence electrons. The minimum absolute atomic E-state index is 0.622. The van der Waals surface area contributed by atoms with Crippen LogP contribution in [-0.2, 0) is 6.42 Å². The van der Waals surface area contributed by atoms with Crippen LogP contribution in [0.2, 0.25) is 0 Å². The Kier molecular flexibility index (Phi) is 4.47. The normalized spacial score (nSPS) is 12.9. The molecule has 0 aromatic heterocycles. The SMILES string of the molecule is CCC(CCl)Cc1cc(C)ccc1C. The molecule has 1 aromatic rings. The second kappa shape index (κ2) is 5.41. The van der Waals surface area contributed by atoms with E-state index in [0.717, 1.165) is 18.7 Å². The van der Waals surface area contributed by atoms with Gasteiger partial charge in [-0.2, -0.15) is 0 Å². The van der Waals surface area contributed by atoms with Crippen molar-refractivity contribution in [1.29, 1.82) is 0 Å². The van der Waals surface area contributed by atoms with Crippen LogP contribution in [0.25, 0.3) is 0 Å². The van der Waals surface area contributed by atoms with Gasteiger partial charge in [0.15, 0.2) is 0 Å². The summed E-state index contributed by atoms with van der Waals surface area (Å²) in [7, 11) is 0. The van der Waals surface area contributed by atoms with Gasteiger partial charge in [-0.25, -0.2) is 0 Å². The first-order chi connectivity index (χ1) is 6.67. The fourth-order valence-electron chi connectivity index (χ4n) is 1.64. The highest BCUT2D eigenvalue weighted by Gasteiger charge is 2.07. The number of aryl methyl sites for hydroxylation is 2. The number of rotatable bonds is 4. The van der Waals surface area contributed by atoms with Crippen molar-refractivity contribution in [2.75, 3.05) is 5.88 Å². The molecule has 1 unspecified atom stereocenters. The van der Waals surface area contributed by atoms with Gasteiger partial charge in [0.1, 0.15) is 0 Å². The number of halogens is 1. The van der Waals surface area contributed by atoms with Gasteiger partial charge < -0.3 is 0 Å². The van der Waals surface area contributed by atoms with E-state index in [-0.39, 0.29) is 0 Å². The molecule has 1 rings (SSSR count). The quantitative estimate of drug-likeness (QED) is 0.657. The molecule has 0 nitrogen and oxygen atoms in total. The summed E-state index contributed by atoms with van der Waals surface area (Å²) in [5.74, 6) is 1.39. The Hall–Kier alpha value is -0.490. The zero-order chi connectivity index (χ0) is 10.6. The summed E-state index contributed by atoms with van der Waals surface area (Å²) in [6, 6.07) is 6.65. The average molecular weight is 211 g/mol. The Balaban J connectivity index is 2.79. The monoisotopic (exact) mass is 210 g/mol. The molecule has 14 heavy (non-hydrogen) atoms. The summed E-state index contributed by atoms with van der Waals surface area (Å²) in [6.07, 6.45) is 2.28. The molecule has 0 fully saturated rings. The molecule has 0 aliphatic heterocycles. The highest BCUT2D eigenvalue weighted by atomic mass is 35.5. The van der Waals surface area contributed by atoms with Gasteiger partial charge in [-0.15, -0.1) is 11.6 Å². The van der Waals surface area contributed by atoms with Crippen LogP contribution >= 0.6 is 11.6 Å². The van der Waals surface area contributed by atoms with E-state index in [1.807, 2.05) is 0 Å². The summed E-state index contributed by atoms with van der Waals surface area (Å²) in [5.41, 5.74) is 4.19. The summed E-state index contributed by atoms with van der Waals surface area (Å²) in [5, 5.41) is 0. The molecule has 0 aliphatic carbocycles. The van der Waals surface area contributed by atoms with Gasteiger partial charge in [0, 0.05) is 5.88 Å². The topological polar surface area (TPSA) is 0 Å². The third-order valence-corrected chi connectivity index (χ3v) is 3.25. The lowest BCUT2D eigenvalue weighted by Crippen LogP contribution is -2.06. The summed E-state index contributed by atoms with van der Waals surface area (Å²) < 4.78 is 0.